The highest BCUT2D eigenvalue weighted by atomic mass is 16.4. The first-order valence-electron chi connectivity index (χ1n) is 6.05. The molecule has 18 heavy (non-hydrogen) atoms. The van der Waals surface area contributed by atoms with Crippen LogP contribution in [0.2, 0.25) is 0 Å². The average Bonchev–Trinajstić information content (AvgIpc) is 2.31. The van der Waals surface area contributed by atoms with Crippen LogP contribution in [-0.4, -0.2) is 33.2 Å². The molecule has 0 fully saturated rings. The predicted octanol–water partition coefficient (Wildman–Crippen LogP) is 0.953. The van der Waals surface area contributed by atoms with Crippen LogP contribution in [0.25, 0.3) is 0 Å². The fraction of sp³-hybridized carbons (Fsp3) is 0.583. The second-order valence-electron chi connectivity index (χ2n) is 4.07. The minimum atomic E-state index is -0.882. The number of carbonyl (C=O) groups is 1. The van der Waals surface area contributed by atoms with E-state index in [1.54, 1.807) is 28.8 Å². The van der Waals surface area contributed by atoms with Crippen LogP contribution in [0.4, 0.5) is 5.82 Å². The van der Waals surface area contributed by atoms with Crippen molar-refractivity contribution >= 4 is 11.8 Å². The van der Waals surface area contributed by atoms with Gasteiger partial charge in [-0.1, -0.05) is 0 Å². The van der Waals surface area contributed by atoms with Crippen molar-refractivity contribution in [3.05, 3.63) is 22.7 Å². The number of aryl methyl sites for hydroxylation is 1. The molecule has 1 unspecified atom stereocenters. The topological polar surface area (TPSA) is 75.4 Å². The van der Waals surface area contributed by atoms with Crippen LogP contribution in [0.15, 0.2) is 17.2 Å². The van der Waals surface area contributed by atoms with E-state index in [4.69, 9.17) is 5.11 Å². The predicted molar refractivity (Wildman–Crippen MR) is 68.9 cm³/mol. The highest BCUT2D eigenvalue weighted by Crippen LogP contribution is 2.11. The summed E-state index contributed by atoms with van der Waals surface area (Å²) in [5.41, 5.74) is -0.181. The SMILES string of the molecule is CCN(c1nccn(CC)c1=O)C(C)CC(=O)O. The Morgan fingerprint density at radius 3 is 2.72 bits per heavy atom. The van der Waals surface area contributed by atoms with Crippen molar-refractivity contribution in [2.45, 2.75) is 39.8 Å². The highest BCUT2D eigenvalue weighted by molar-refractivity contribution is 5.68. The summed E-state index contributed by atoms with van der Waals surface area (Å²) in [4.78, 5) is 28.7. The minimum absolute atomic E-state index is 0.0179. The standard InChI is InChI=1S/C12H19N3O3/c1-4-14-7-6-13-11(12(14)18)15(5-2)9(3)8-10(16)17/h6-7,9H,4-5,8H2,1-3H3,(H,16,17). The summed E-state index contributed by atoms with van der Waals surface area (Å²) >= 11 is 0. The summed E-state index contributed by atoms with van der Waals surface area (Å²) in [6.07, 6.45) is 3.17. The maximum atomic E-state index is 12.1. The lowest BCUT2D eigenvalue weighted by Crippen LogP contribution is -2.40. The molecule has 0 saturated heterocycles. The normalized spacial score (nSPS) is 12.2. The van der Waals surface area contributed by atoms with Crippen molar-refractivity contribution in [2.24, 2.45) is 0 Å². The third-order valence-corrected chi connectivity index (χ3v) is 2.85. The highest BCUT2D eigenvalue weighted by Gasteiger charge is 2.20. The molecular formula is C12H19N3O3. The van der Waals surface area contributed by atoms with Crippen LogP contribution in [-0.2, 0) is 11.3 Å². The summed E-state index contributed by atoms with van der Waals surface area (Å²) < 4.78 is 1.55. The quantitative estimate of drug-likeness (QED) is 0.817. The van der Waals surface area contributed by atoms with Crippen molar-refractivity contribution in [1.29, 1.82) is 0 Å². The van der Waals surface area contributed by atoms with Gasteiger partial charge < -0.3 is 14.6 Å². The Kier molecular flexibility index (Phi) is 4.88. The Labute approximate surface area is 106 Å². The molecule has 6 nitrogen and oxygen atoms in total. The molecule has 1 atom stereocenters. The lowest BCUT2D eigenvalue weighted by molar-refractivity contribution is -0.137. The fourth-order valence-electron chi connectivity index (χ4n) is 1.91. The van der Waals surface area contributed by atoms with Crippen LogP contribution in [0.1, 0.15) is 27.2 Å². The molecule has 1 aromatic rings. The van der Waals surface area contributed by atoms with Crippen LogP contribution in [0.5, 0.6) is 0 Å². The first-order valence-corrected chi connectivity index (χ1v) is 6.05. The number of hydrogen-bond acceptors (Lipinski definition) is 4. The monoisotopic (exact) mass is 253 g/mol. The van der Waals surface area contributed by atoms with Gasteiger partial charge in [0.1, 0.15) is 0 Å². The fourth-order valence-corrected chi connectivity index (χ4v) is 1.91. The van der Waals surface area contributed by atoms with E-state index in [1.165, 1.54) is 0 Å². The Morgan fingerprint density at radius 1 is 1.56 bits per heavy atom. The summed E-state index contributed by atoms with van der Waals surface area (Å²) in [6, 6.07) is -0.264. The van der Waals surface area contributed by atoms with E-state index in [-0.39, 0.29) is 18.0 Å². The van der Waals surface area contributed by atoms with Crippen molar-refractivity contribution in [2.75, 3.05) is 11.4 Å². The van der Waals surface area contributed by atoms with Crippen molar-refractivity contribution in [3.63, 3.8) is 0 Å². The summed E-state index contributed by atoms with van der Waals surface area (Å²) in [5.74, 6) is -0.566. The molecule has 0 spiro atoms. The maximum Gasteiger partial charge on any atom is 0.305 e. The molecule has 100 valence electrons. The lowest BCUT2D eigenvalue weighted by atomic mass is 10.2. The second-order valence-corrected chi connectivity index (χ2v) is 4.07. The molecule has 0 aromatic carbocycles. The van der Waals surface area contributed by atoms with Crippen LogP contribution in [0, 0.1) is 0 Å². The molecule has 1 rings (SSSR count). The van der Waals surface area contributed by atoms with Gasteiger partial charge in [-0.2, -0.15) is 0 Å². The zero-order valence-electron chi connectivity index (χ0n) is 11.0. The largest absolute Gasteiger partial charge is 0.481 e. The summed E-state index contributed by atoms with van der Waals surface area (Å²) in [6.45, 7) is 6.65. The van der Waals surface area contributed by atoms with E-state index in [9.17, 15) is 9.59 Å². The van der Waals surface area contributed by atoms with Crippen molar-refractivity contribution < 1.29 is 9.90 Å². The van der Waals surface area contributed by atoms with E-state index in [1.807, 2.05) is 13.8 Å². The van der Waals surface area contributed by atoms with E-state index in [2.05, 4.69) is 4.98 Å². The van der Waals surface area contributed by atoms with Crippen LogP contribution < -0.4 is 10.5 Å². The molecule has 0 saturated carbocycles. The van der Waals surface area contributed by atoms with Gasteiger partial charge >= 0.3 is 5.97 Å². The number of carboxylic acids is 1. The molecule has 0 aliphatic carbocycles. The van der Waals surface area contributed by atoms with Gasteiger partial charge in [0.2, 0.25) is 0 Å². The van der Waals surface area contributed by atoms with Crippen LogP contribution >= 0.6 is 0 Å². The zero-order valence-corrected chi connectivity index (χ0v) is 11.0. The van der Waals surface area contributed by atoms with Crippen molar-refractivity contribution in [3.8, 4) is 0 Å². The zero-order chi connectivity index (χ0) is 13.7. The Bertz CT molecular complexity index is 470. The van der Waals surface area contributed by atoms with Gasteiger partial charge in [0.15, 0.2) is 5.82 Å². The number of aliphatic carboxylic acids is 1. The third kappa shape index (κ3) is 3.09. The van der Waals surface area contributed by atoms with E-state index in [0.29, 0.717) is 18.9 Å². The van der Waals surface area contributed by atoms with Gasteiger partial charge in [-0.25, -0.2) is 4.98 Å². The third-order valence-electron chi connectivity index (χ3n) is 2.85. The van der Waals surface area contributed by atoms with Crippen LogP contribution in [0.3, 0.4) is 0 Å². The average molecular weight is 253 g/mol. The Hall–Kier alpha value is -1.85. The van der Waals surface area contributed by atoms with Gasteiger partial charge in [0, 0.05) is 31.5 Å². The molecule has 0 bridgehead atoms. The Morgan fingerprint density at radius 2 is 2.22 bits per heavy atom. The smallest absolute Gasteiger partial charge is 0.305 e. The minimum Gasteiger partial charge on any atom is -0.481 e. The number of hydrogen-bond donors (Lipinski definition) is 1. The van der Waals surface area contributed by atoms with E-state index >= 15 is 0 Å². The van der Waals surface area contributed by atoms with Gasteiger partial charge in [0.25, 0.3) is 5.56 Å². The first-order chi connectivity index (χ1) is 8.51. The number of nitrogens with zero attached hydrogens (tertiary/aromatic N) is 3. The molecule has 1 aromatic heterocycles. The number of carboxylic acid groups (broad SMARTS) is 1. The molecule has 0 aliphatic heterocycles. The molecular weight excluding hydrogens is 234 g/mol. The van der Waals surface area contributed by atoms with E-state index < -0.39 is 5.97 Å². The van der Waals surface area contributed by atoms with Crippen molar-refractivity contribution in [1.82, 2.24) is 9.55 Å². The molecule has 6 heteroatoms. The lowest BCUT2D eigenvalue weighted by Gasteiger charge is -2.27. The van der Waals surface area contributed by atoms with Gasteiger partial charge in [-0.3, -0.25) is 9.59 Å². The molecule has 0 amide bonds. The van der Waals surface area contributed by atoms with Gasteiger partial charge in [0.05, 0.1) is 6.42 Å². The van der Waals surface area contributed by atoms with Gasteiger partial charge in [-0.15, -0.1) is 0 Å². The maximum absolute atomic E-state index is 12.1. The Balaban J connectivity index is 3.09. The summed E-state index contributed by atoms with van der Waals surface area (Å²) in [5, 5.41) is 8.81. The second kappa shape index (κ2) is 6.18. The number of aromatic nitrogens is 2. The molecule has 0 radical (unpaired) electrons. The summed E-state index contributed by atoms with van der Waals surface area (Å²) in [7, 11) is 0. The number of rotatable bonds is 6. The first kappa shape index (κ1) is 14.2. The van der Waals surface area contributed by atoms with E-state index in [0.717, 1.165) is 0 Å². The molecule has 1 N–H and O–H groups in total. The molecule has 0 aliphatic rings. The molecule has 1 heterocycles. The number of anilines is 1. The van der Waals surface area contributed by atoms with Gasteiger partial charge in [-0.05, 0) is 20.8 Å².